The summed E-state index contributed by atoms with van der Waals surface area (Å²) in [5.74, 6) is -0.598. The van der Waals surface area contributed by atoms with Crippen molar-refractivity contribution in [2.45, 2.75) is 13.3 Å². The van der Waals surface area contributed by atoms with Crippen molar-refractivity contribution < 1.29 is 73.9 Å². The summed E-state index contributed by atoms with van der Waals surface area (Å²) in [7, 11) is 1.18. The molecular formula is C10H12BF3KNO2. The molecular weight excluding hydrogens is 273 g/mol. The second-order valence-corrected chi connectivity index (χ2v) is 3.72. The molecule has 0 aliphatic heterocycles. The van der Waals surface area contributed by atoms with Crippen LogP contribution >= 0.6 is 0 Å². The van der Waals surface area contributed by atoms with Crippen LogP contribution in [0.3, 0.4) is 0 Å². The van der Waals surface area contributed by atoms with Crippen LogP contribution in [0.25, 0.3) is 0 Å². The molecule has 1 rings (SSSR count). The van der Waals surface area contributed by atoms with Crippen LogP contribution in [0.15, 0.2) is 12.1 Å². The fraction of sp³-hybridized carbons (Fsp3) is 0.300. The number of carbonyl (C=O) groups excluding carboxylic acids is 1. The van der Waals surface area contributed by atoms with Crippen molar-refractivity contribution in [3.05, 3.63) is 23.3 Å². The molecule has 3 nitrogen and oxygen atoms in total. The molecule has 1 aromatic rings. The second-order valence-electron chi connectivity index (χ2n) is 3.72. The molecule has 0 aliphatic carbocycles. The van der Waals surface area contributed by atoms with Crippen molar-refractivity contribution in [2.75, 3.05) is 12.8 Å². The van der Waals surface area contributed by atoms with E-state index in [0.29, 0.717) is 5.56 Å². The molecule has 94 valence electrons. The number of rotatable bonds is 3. The van der Waals surface area contributed by atoms with Crippen LogP contribution in [0, 0.1) is 6.92 Å². The Morgan fingerprint density at radius 1 is 1.39 bits per heavy atom. The third-order valence-electron chi connectivity index (χ3n) is 2.52. The van der Waals surface area contributed by atoms with Crippen LogP contribution < -0.4 is 62.6 Å². The Labute approximate surface area is 146 Å². The summed E-state index contributed by atoms with van der Waals surface area (Å²) >= 11 is 0. The van der Waals surface area contributed by atoms with Crippen LogP contribution in [-0.2, 0) is 16.0 Å². The summed E-state index contributed by atoms with van der Waals surface area (Å²) in [6, 6.07) is 1.83. The van der Waals surface area contributed by atoms with Crippen LogP contribution in [0.2, 0.25) is 0 Å². The number of carbonyl (C=O) groups is 1. The molecule has 0 spiro atoms. The zero-order valence-corrected chi connectivity index (χ0v) is 13.6. The number of nitrogen functional groups attached to an aromatic ring is 1. The van der Waals surface area contributed by atoms with E-state index < -0.39 is 18.4 Å². The first-order valence-electron chi connectivity index (χ1n) is 4.91. The van der Waals surface area contributed by atoms with E-state index in [0.717, 1.165) is 12.1 Å². The van der Waals surface area contributed by atoms with Gasteiger partial charge in [0.15, 0.2) is 0 Å². The van der Waals surface area contributed by atoms with Gasteiger partial charge >= 0.3 is 64.3 Å². The molecule has 0 saturated heterocycles. The topological polar surface area (TPSA) is 52.3 Å². The molecule has 1 aromatic carbocycles. The number of hydrogen-bond donors (Lipinski definition) is 1. The zero-order chi connectivity index (χ0) is 13.2. The van der Waals surface area contributed by atoms with Crippen molar-refractivity contribution in [1.29, 1.82) is 0 Å². The molecule has 0 unspecified atom stereocenters. The Morgan fingerprint density at radius 2 is 1.94 bits per heavy atom. The first kappa shape index (κ1) is 18.0. The standard InChI is InChI=1S/C10H12BF3NO2.K/c1-6-7(4-10(16)17-2)3-8(5-9(6)15)11(12,13)14;/h3,5H,4,15H2,1-2H3;/q-1;+1. The van der Waals surface area contributed by atoms with Gasteiger partial charge in [0, 0.05) is 5.69 Å². The van der Waals surface area contributed by atoms with Crippen molar-refractivity contribution in [3.63, 3.8) is 0 Å². The number of methoxy groups -OCH3 is 1. The smallest absolute Gasteiger partial charge is 0.469 e. The molecule has 0 bridgehead atoms. The van der Waals surface area contributed by atoms with E-state index in [9.17, 15) is 17.7 Å². The maximum Gasteiger partial charge on any atom is 1.00 e. The third-order valence-corrected chi connectivity index (χ3v) is 2.52. The summed E-state index contributed by atoms with van der Waals surface area (Å²) in [4.78, 5) is 11.1. The van der Waals surface area contributed by atoms with Crippen molar-refractivity contribution in [3.8, 4) is 0 Å². The largest absolute Gasteiger partial charge is 1.00 e. The van der Waals surface area contributed by atoms with Crippen LogP contribution in [-0.4, -0.2) is 20.1 Å². The quantitative estimate of drug-likeness (QED) is 0.411. The van der Waals surface area contributed by atoms with Crippen LogP contribution in [0.1, 0.15) is 11.1 Å². The van der Waals surface area contributed by atoms with E-state index in [1.165, 1.54) is 7.11 Å². The molecule has 0 radical (unpaired) electrons. The SMILES string of the molecule is COC(=O)Cc1cc([B-](F)(F)F)cc(N)c1C.[K+]. The average Bonchev–Trinajstić information content (AvgIpc) is 2.22. The van der Waals surface area contributed by atoms with Gasteiger partial charge in [0.2, 0.25) is 0 Å². The first-order valence-corrected chi connectivity index (χ1v) is 4.91. The summed E-state index contributed by atoms with van der Waals surface area (Å²) in [5.41, 5.74) is 5.44. The van der Waals surface area contributed by atoms with Gasteiger partial charge in [0.25, 0.3) is 0 Å². The van der Waals surface area contributed by atoms with Crippen molar-refractivity contribution in [1.82, 2.24) is 0 Å². The molecule has 0 heterocycles. The Balaban J connectivity index is 0.00000289. The maximum absolute atomic E-state index is 12.6. The van der Waals surface area contributed by atoms with E-state index in [-0.39, 0.29) is 69.1 Å². The molecule has 0 saturated carbocycles. The van der Waals surface area contributed by atoms with Gasteiger partial charge < -0.3 is 23.4 Å². The second kappa shape index (κ2) is 6.95. The number of nitrogens with two attached hydrogens (primary N) is 1. The molecule has 0 fully saturated rings. The van der Waals surface area contributed by atoms with Crippen molar-refractivity contribution >= 4 is 24.1 Å². The van der Waals surface area contributed by atoms with Gasteiger partial charge in [0.1, 0.15) is 0 Å². The number of esters is 1. The minimum atomic E-state index is -5.12. The summed E-state index contributed by atoms with van der Waals surface area (Å²) in [6.07, 6.45) is -0.216. The number of halogens is 3. The van der Waals surface area contributed by atoms with E-state index in [1.54, 1.807) is 6.92 Å². The minimum absolute atomic E-state index is 0. The first-order chi connectivity index (χ1) is 7.75. The van der Waals surface area contributed by atoms with E-state index >= 15 is 0 Å². The average molecular weight is 285 g/mol. The summed E-state index contributed by atoms with van der Waals surface area (Å²) in [5, 5.41) is 0. The fourth-order valence-corrected chi connectivity index (χ4v) is 1.42. The number of benzene rings is 1. The van der Waals surface area contributed by atoms with Gasteiger partial charge in [0.05, 0.1) is 13.5 Å². The van der Waals surface area contributed by atoms with Gasteiger partial charge in [-0.05, 0) is 18.1 Å². The number of hydrogen-bond acceptors (Lipinski definition) is 3. The van der Waals surface area contributed by atoms with E-state index in [1.807, 2.05) is 0 Å². The Morgan fingerprint density at radius 3 is 2.39 bits per heavy atom. The monoisotopic (exact) mass is 285 g/mol. The Hall–Kier alpha value is -0.0187. The van der Waals surface area contributed by atoms with Gasteiger partial charge in [-0.1, -0.05) is 12.1 Å². The predicted molar refractivity (Wildman–Crippen MR) is 60.0 cm³/mol. The van der Waals surface area contributed by atoms with Gasteiger partial charge in [-0.2, -0.15) is 0 Å². The van der Waals surface area contributed by atoms with Gasteiger partial charge in [-0.25, -0.2) is 0 Å². The number of anilines is 1. The molecule has 2 N–H and O–H groups in total. The normalized spacial score (nSPS) is 10.7. The zero-order valence-electron chi connectivity index (χ0n) is 10.5. The Kier molecular flexibility index (Phi) is 6.94. The minimum Gasteiger partial charge on any atom is -0.469 e. The predicted octanol–water partition coefficient (Wildman–Crippen LogP) is -1.65. The summed E-state index contributed by atoms with van der Waals surface area (Å²) in [6.45, 7) is -3.55. The van der Waals surface area contributed by atoms with E-state index in [4.69, 9.17) is 5.73 Å². The number of ether oxygens (including phenoxy) is 1. The maximum atomic E-state index is 12.6. The molecule has 18 heavy (non-hydrogen) atoms. The molecule has 0 aliphatic rings. The molecule has 0 amide bonds. The fourth-order valence-electron chi connectivity index (χ4n) is 1.42. The molecule has 8 heteroatoms. The van der Waals surface area contributed by atoms with Gasteiger partial charge in [-0.15, -0.1) is 5.46 Å². The van der Waals surface area contributed by atoms with Crippen LogP contribution in [0.5, 0.6) is 0 Å². The molecule has 0 aromatic heterocycles. The van der Waals surface area contributed by atoms with Crippen molar-refractivity contribution in [2.24, 2.45) is 0 Å². The van der Waals surface area contributed by atoms with E-state index in [2.05, 4.69) is 4.74 Å². The van der Waals surface area contributed by atoms with Gasteiger partial charge in [-0.3, -0.25) is 4.79 Å². The van der Waals surface area contributed by atoms with Crippen LogP contribution in [0.4, 0.5) is 18.6 Å². The molecule has 0 atom stereocenters. The Bertz CT molecular complexity index is 451. The summed E-state index contributed by atoms with van der Waals surface area (Å²) < 4.78 is 42.2. The third kappa shape index (κ3) is 4.58.